The van der Waals surface area contributed by atoms with Gasteiger partial charge in [-0.05, 0) is 42.5 Å². The van der Waals surface area contributed by atoms with E-state index in [1.807, 2.05) is 28.8 Å². The lowest BCUT2D eigenvalue weighted by Gasteiger charge is -2.18. The number of nitrogens with zero attached hydrogens (tertiary/aromatic N) is 4. The lowest BCUT2D eigenvalue weighted by Crippen LogP contribution is -2.39. The third kappa shape index (κ3) is 5.09. The highest BCUT2D eigenvalue weighted by molar-refractivity contribution is 5.80. The minimum atomic E-state index is 0.174. The summed E-state index contributed by atoms with van der Waals surface area (Å²) in [7, 11) is 1.79. The van der Waals surface area contributed by atoms with Crippen LogP contribution in [0.25, 0.3) is 5.65 Å². The molecule has 0 bridgehead atoms. The van der Waals surface area contributed by atoms with Gasteiger partial charge in [0.15, 0.2) is 11.6 Å². The zero-order valence-corrected chi connectivity index (χ0v) is 17.2. The molecular formula is C22H30N6. The number of rotatable bonds is 7. The lowest BCUT2D eigenvalue weighted by atomic mass is 10.00. The average Bonchev–Trinajstić information content (AvgIpc) is 3.10. The molecule has 6 nitrogen and oxygen atoms in total. The van der Waals surface area contributed by atoms with E-state index in [1.165, 1.54) is 11.1 Å². The minimum absolute atomic E-state index is 0.174. The predicted octanol–water partition coefficient (Wildman–Crippen LogP) is 3.40. The van der Waals surface area contributed by atoms with Crippen molar-refractivity contribution in [3.8, 4) is 0 Å². The van der Waals surface area contributed by atoms with Gasteiger partial charge < -0.3 is 10.6 Å². The first-order valence-corrected chi connectivity index (χ1v) is 9.91. The molecule has 0 aliphatic rings. The van der Waals surface area contributed by atoms with Crippen LogP contribution in [0, 0.1) is 5.92 Å². The van der Waals surface area contributed by atoms with Gasteiger partial charge >= 0.3 is 0 Å². The number of hydrogen-bond donors (Lipinski definition) is 2. The summed E-state index contributed by atoms with van der Waals surface area (Å²) in [5, 5.41) is 15.3. The van der Waals surface area contributed by atoms with Gasteiger partial charge in [0.25, 0.3) is 0 Å². The summed E-state index contributed by atoms with van der Waals surface area (Å²) in [4.78, 5) is 4.34. The molecule has 0 aliphatic heterocycles. The Bertz CT molecular complexity index is 910. The third-order valence-electron chi connectivity index (χ3n) is 4.73. The van der Waals surface area contributed by atoms with Gasteiger partial charge in [-0.1, -0.05) is 44.2 Å². The Morgan fingerprint density at radius 2 is 1.86 bits per heavy atom. The van der Waals surface area contributed by atoms with Crippen LogP contribution >= 0.6 is 0 Å². The Labute approximate surface area is 167 Å². The van der Waals surface area contributed by atoms with E-state index in [0.29, 0.717) is 5.92 Å². The Morgan fingerprint density at radius 3 is 2.57 bits per heavy atom. The van der Waals surface area contributed by atoms with Gasteiger partial charge in [0, 0.05) is 26.2 Å². The third-order valence-corrected chi connectivity index (χ3v) is 4.73. The normalized spacial score (nSPS) is 13.1. The fourth-order valence-electron chi connectivity index (χ4n) is 3.25. The molecule has 3 rings (SSSR count). The number of pyridine rings is 1. The largest absolute Gasteiger partial charge is 0.356 e. The van der Waals surface area contributed by atoms with Crippen molar-refractivity contribution >= 4 is 11.6 Å². The first-order chi connectivity index (χ1) is 13.6. The summed E-state index contributed by atoms with van der Waals surface area (Å²) in [5.74, 6) is 2.40. The van der Waals surface area contributed by atoms with Crippen molar-refractivity contribution in [3.63, 3.8) is 0 Å². The lowest BCUT2D eigenvalue weighted by molar-refractivity contribution is 0.645. The molecule has 2 N–H and O–H groups in total. The van der Waals surface area contributed by atoms with Crippen molar-refractivity contribution in [1.29, 1.82) is 0 Å². The van der Waals surface area contributed by atoms with E-state index in [0.717, 1.165) is 36.8 Å². The van der Waals surface area contributed by atoms with Crippen LogP contribution in [0.2, 0.25) is 0 Å². The first-order valence-electron chi connectivity index (χ1n) is 9.91. The smallest absolute Gasteiger partial charge is 0.191 e. The number of fused-ring (bicyclic) bond motifs is 1. The molecule has 1 aromatic carbocycles. The Balaban J connectivity index is 1.52. The molecule has 6 heteroatoms. The first kappa shape index (κ1) is 19.9. The maximum absolute atomic E-state index is 4.34. The van der Waals surface area contributed by atoms with Crippen molar-refractivity contribution < 1.29 is 0 Å². The highest BCUT2D eigenvalue weighted by Crippen LogP contribution is 2.15. The van der Waals surface area contributed by atoms with E-state index >= 15 is 0 Å². The molecule has 0 radical (unpaired) electrons. The molecule has 2 heterocycles. The summed E-state index contributed by atoms with van der Waals surface area (Å²) in [6, 6.07) is 14.9. The van der Waals surface area contributed by atoms with Gasteiger partial charge in [0.05, 0.1) is 6.04 Å². The molecule has 2 aromatic heterocycles. The van der Waals surface area contributed by atoms with Crippen LogP contribution < -0.4 is 10.6 Å². The second kappa shape index (κ2) is 9.35. The van der Waals surface area contributed by atoms with Crippen LogP contribution in [-0.2, 0) is 12.8 Å². The maximum atomic E-state index is 4.34. The van der Waals surface area contributed by atoms with Crippen molar-refractivity contribution in [2.45, 2.75) is 39.7 Å². The number of nitrogens with one attached hydrogen (secondary N) is 2. The van der Waals surface area contributed by atoms with Gasteiger partial charge in [0.1, 0.15) is 5.82 Å². The van der Waals surface area contributed by atoms with Crippen LogP contribution in [0.4, 0.5) is 0 Å². The van der Waals surface area contributed by atoms with E-state index in [1.54, 1.807) is 7.05 Å². The van der Waals surface area contributed by atoms with E-state index in [4.69, 9.17) is 0 Å². The second-order valence-corrected chi connectivity index (χ2v) is 7.50. The Morgan fingerprint density at radius 1 is 1.07 bits per heavy atom. The second-order valence-electron chi connectivity index (χ2n) is 7.50. The average molecular weight is 379 g/mol. The molecule has 148 valence electrons. The summed E-state index contributed by atoms with van der Waals surface area (Å²) in [6.45, 7) is 7.37. The summed E-state index contributed by atoms with van der Waals surface area (Å²) in [6.07, 6.45) is 3.87. The number of aromatic nitrogens is 3. The van der Waals surface area contributed by atoms with Crippen LogP contribution in [0.3, 0.4) is 0 Å². The molecule has 3 aromatic rings. The Kier molecular flexibility index (Phi) is 6.63. The zero-order chi connectivity index (χ0) is 19.9. The van der Waals surface area contributed by atoms with Gasteiger partial charge in [0.2, 0.25) is 0 Å². The number of benzene rings is 1. The molecule has 1 atom stereocenters. The fourth-order valence-corrected chi connectivity index (χ4v) is 3.25. The van der Waals surface area contributed by atoms with Crippen molar-refractivity contribution in [3.05, 3.63) is 65.6 Å². The highest BCUT2D eigenvalue weighted by atomic mass is 15.2. The van der Waals surface area contributed by atoms with Crippen molar-refractivity contribution in [2.24, 2.45) is 10.9 Å². The van der Waals surface area contributed by atoms with Gasteiger partial charge in [-0.2, -0.15) is 0 Å². The van der Waals surface area contributed by atoms with Gasteiger partial charge in [-0.15, -0.1) is 10.2 Å². The van der Waals surface area contributed by atoms with Crippen molar-refractivity contribution in [2.75, 3.05) is 13.6 Å². The van der Waals surface area contributed by atoms with E-state index in [9.17, 15) is 0 Å². The minimum Gasteiger partial charge on any atom is -0.356 e. The predicted molar refractivity (Wildman–Crippen MR) is 115 cm³/mol. The fraction of sp³-hybridized carbons (Fsp3) is 0.409. The van der Waals surface area contributed by atoms with Crippen LogP contribution in [0.5, 0.6) is 0 Å². The summed E-state index contributed by atoms with van der Waals surface area (Å²) < 4.78 is 2.01. The topological polar surface area (TPSA) is 66.6 Å². The van der Waals surface area contributed by atoms with E-state index < -0.39 is 0 Å². The van der Waals surface area contributed by atoms with Crippen molar-refractivity contribution in [1.82, 2.24) is 25.2 Å². The molecule has 1 unspecified atom stereocenters. The maximum Gasteiger partial charge on any atom is 0.191 e. The molecular weight excluding hydrogens is 348 g/mol. The van der Waals surface area contributed by atoms with E-state index in [-0.39, 0.29) is 6.04 Å². The molecule has 0 spiro atoms. The number of hydrogen-bond acceptors (Lipinski definition) is 3. The SMILES string of the molecule is CN=C(NCCc1nnc2ccccn12)NC(C)c1ccc(CC(C)C)cc1. The standard InChI is InChI=1S/C22H30N6/c1-16(2)15-18-8-10-19(11-9-18)17(3)25-22(23-4)24-13-12-21-27-26-20-7-5-6-14-28(20)21/h5-11,14,16-17H,12-13,15H2,1-4H3,(H2,23,24,25). The molecule has 0 fully saturated rings. The quantitative estimate of drug-likeness (QED) is 0.488. The monoisotopic (exact) mass is 378 g/mol. The van der Waals surface area contributed by atoms with Gasteiger partial charge in [-0.3, -0.25) is 9.39 Å². The summed E-state index contributed by atoms with van der Waals surface area (Å²) in [5.41, 5.74) is 3.50. The molecule has 0 saturated carbocycles. The molecule has 0 saturated heterocycles. The molecule has 0 amide bonds. The molecule has 28 heavy (non-hydrogen) atoms. The summed E-state index contributed by atoms with van der Waals surface area (Å²) >= 11 is 0. The van der Waals surface area contributed by atoms with Crippen LogP contribution in [0.15, 0.2) is 53.7 Å². The number of aliphatic imine (C=N–C) groups is 1. The van der Waals surface area contributed by atoms with Crippen LogP contribution in [0.1, 0.15) is 43.8 Å². The van der Waals surface area contributed by atoms with Gasteiger partial charge in [-0.25, -0.2) is 0 Å². The molecule has 0 aliphatic carbocycles. The zero-order valence-electron chi connectivity index (χ0n) is 17.2. The number of guanidine groups is 1. The highest BCUT2D eigenvalue weighted by Gasteiger charge is 2.09. The van der Waals surface area contributed by atoms with E-state index in [2.05, 4.69) is 70.9 Å². The van der Waals surface area contributed by atoms with Crippen LogP contribution in [-0.4, -0.2) is 34.2 Å². The Hall–Kier alpha value is -2.89.